The highest BCUT2D eigenvalue weighted by Crippen LogP contribution is 2.14. The van der Waals surface area contributed by atoms with E-state index < -0.39 is 0 Å². The smallest absolute Gasteiger partial charge is 0.220 e. The Kier molecular flexibility index (Phi) is 23.0. The molecule has 0 aromatic heterocycles. The van der Waals surface area contributed by atoms with E-state index in [1.807, 2.05) is 0 Å². The van der Waals surface area contributed by atoms with Gasteiger partial charge in [0.15, 0.2) is 0 Å². The van der Waals surface area contributed by atoms with Crippen LogP contribution in [0, 0.1) is 0 Å². The molecule has 0 aromatic carbocycles. The molecule has 0 saturated heterocycles. The van der Waals surface area contributed by atoms with E-state index in [0.717, 1.165) is 6.42 Å². The van der Waals surface area contributed by atoms with E-state index in [9.17, 15) is 4.79 Å². The fourth-order valence-electron chi connectivity index (χ4n) is 3.66. The molecule has 0 fully saturated rings. The number of unbranched alkanes of at least 4 members (excludes halogenated alkanes) is 18. The van der Waals surface area contributed by atoms with Crippen molar-refractivity contribution in [3.05, 3.63) is 0 Å². The summed E-state index contributed by atoms with van der Waals surface area (Å²) in [5.41, 5.74) is 5.36. The number of amides is 1. The first kappa shape index (κ1) is 26.4. The van der Waals surface area contributed by atoms with Crippen molar-refractivity contribution in [2.24, 2.45) is 5.73 Å². The number of nitrogens with one attached hydrogen (secondary N) is 1. The lowest BCUT2D eigenvalue weighted by molar-refractivity contribution is -0.121. The maximum absolute atomic E-state index is 11.4. The van der Waals surface area contributed by atoms with Gasteiger partial charge in [-0.25, -0.2) is 0 Å². The van der Waals surface area contributed by atoms with E-state index in [-0.39, 0.29) is 5.91 Å². The van der Waals surface area contributed by atoms with E-state index in [4.69, 9.17) is 5.73 Å². The Morgan fingerprint density at radius 2 is 0.926 bits per heavy atom. The summed E-state index contributed by atoms with van der Waals surface area (Å²) >= 11 is 0. The summed E-state index contributed by atoms with van der Waals surface area (Å²) in [5.74, 6) is 0.160. The predicted octanol–water partition coefficient (Wildman–Crippen LogP) is 6.88. The van der Waals surface area contributed by atoms with Gasteiger partial charge in [-0.3, -0.25) is 4.79 Å². The zero-order valence-electron chi connectivity index (χ0n) is 18.5. The van der Waals surface area contributed by atoms with Crippen LogP contribution in [-0.2, 0) is 4.79 Å². The van der Waals surface area contributed by atoms with Crippen LogP contribution in [0.4, 0.5) is 0 Å². The van der Waals surface area contributed by atoms with Gasteiger partial charge in [0.25, 0.3) is 0 Å². The summed E-state index contributed by atoms with van der Waals surface area (Å²) in [5, 5.41) is 2.83. The first-order valence-corrected chi connectivity index (χ1v) is 12.3. The first-order valence-electron chi connectivity index (χ1n) is 12.3. The molecular weight excluding hydrogens is 332 g/mol. The fourth-order valence-corrected chi connectivity index (χ4v) is 3.66. The maximum Gasteiger partial charge on any atom is 0.220 e. The molecule has 0 heterocycles. The molecule has 162 valence electrons. The first-order chi connectivity index (χ1) is 13.3. The summed E-state index contributed by atoms with van der Waals surface area (Å²) in [6.45, 7) is 3.43. The molecule has 0 saturated carbocycles. The van der Waals surface area contributed by atoms with Crippen molar-refractivity contribution in [2.75, 3.05) is 13.1 Å². The molecule has 27 heavy (non-hydrogen) atoms. The molecule has 0 atom stereocenters. The number of hydrogen-bond acceptors (Lipinski definition) is 2. The van der Waals surface area contributed by atoms with Gasteiger partial charge in [-0.2, -0.15) is 0 Å². The van der Waals surface area contributed by atoms with Crippen LogP contribution >= 0.6 is 0 Å². The second-order valence-electron chi connectivity index (χ2n) is 8.25. The van der Waals surface area contributed by atoms with Crippen molar-refractivity contribution in [3.8, 4) is 0 Å². The maximum atomic E-state index is 11.4. The van der Waals surface area contributed by atoms with E-state index in [1.54, 1.807) is 0 Å². The van der Waals surface area contributed by atoms with Gasteiger partial charge in [0.1, 0.15) is 0 Å². The molecule has 3 heteroatoms. The third kappa shape index (κ3) is 23.4. The molecule has 3 N–H and O–H groups in total. The van der Waals surface area contributed by atoms with Crippen LogP contribution in [0.5, 0.6) is 0 Å². The minimum Gasteiger partial charge on any atom is -0.355 e. The van der Waals surface area contributed by atoms with Gasteiger partial charge >= 0.3 is 0 Å². The Morgan fingerprint density at radius 3 is 1.26 bits per heavy atom. The van der Waals surface area contributed by atoms with Gasteiger partial charge < -0.3 is 11.1 Å². The molecule has 1 amide bonds. The number of carbonyl (C=O) groups excluding carboxylic acids is 1. The van der Waals surface area contributed by atoms with Crippen LogP contribution in [0.1, 0.15) is 135 Å². The second kappa shape index (κ2) is 23.5. The lowest BCUT2D eigenvalue weighted by Crippen LogP contribution is -2.28. The Bertz CT molecular complexity index is 294. The highest BCUT2D eigenvalue weighted by molar-refractivity contribution is 5.75. The van der Waals surface area contributed by atoms with Crippen LogP contribution in [0.25, 0.3) is 0 Å². The Hall–Kier alpha value is -0.570. The van der Waals surface area contributed by atoms with Gasteiger partial charge in [0.2, 0.25) is 5.91 Å². The summed E-state index contributed by atoms with van der Waals surface area (Å²) in [6, 6.07) is 0. The van der Waals surface area contributed by atoms with Crippen LogP contribution in [-0.4, -0.2) is 19.0 Å². The Morgan fingerprint density at radius 1 is 0.593 bits per heavy atom. The molecule has 0 rings (SSSR count). The van der Waals surface area contributed by atoms with E-state index in [1.165, 1.54) is 116 Å². The largest absolute Gasteiger partial charge is 0.355 e. The standard InChI is InChI=1S/C24H50N2O/c1-2-3-4-5-6-7-8-9-10-11-12-13-14-15-16-17-18-19-20-21-24(27)26-23-22-25/h2-23,25H2,1H3,(H,26,27). The molecule has 0 aromatic rings. The van der Waals surface area contributed by atoms with Crippen LogP contribution in [0.15, 0.2) is 0 Å². The average molecular weight is 383 g/mol. The normalized spacial score (nSPS) is 11.0. The molecule has 0 unspecified atom stereocenters. The Labute approximate surface area is 170 Å². The fraction of sp³-hybridized carbons (Fsp3) is 0.958. The number of hydrogen-bond donors (Lipinski definition) is 2. The van der Waals surface area contributed by atoms with E-state index >= 15 is 0 Å². The van der Waals surface area contributed by atoms with Crippen molar-refractivity contribution < 1.29 is 4.79 Å². The minimum atomic E-state index is 0.160. The highest BCUT2D eigenvalue weighted by Gasteiger charge is 1.99. The van der Waals surface area contributed by atoms with Crippen LogP contribution in [0.3, 0.4) is 0 Å². The van der Waals surface area contributed by atoms with Crippen LogP contribution < -0.4 is 11.1 Å². The lowest BCUT2D eigenvalue weighted by Gasteiger charge is -2.04. The molecule has 0 spiro atoms. The molecule has 0 aliphatic carbocycles. The second-order valence-corrected chi connectivity index (χ2v) is 8.25. The number of carbonyl (C=O) groups is 1. The molecule has 0 aliphatic heterocycles. The monoisotopic (exact) mass is 382 g/mol. The minimum absolute atomic E-state index is 0.160. The summed E-state index contributed by atoms with van der Waals surface area (Å²) in [7, 11) is 0. The van der Waals surface area contributed by atoms with Crippen molar-refractivity contribution in [3.63, 3.8) is 0 Å². The third-order valence-corrected chi connectivity index (χ3v) is 5.47. The summed E-state index contributed by atoms with van der Waals surface area (Å²) in [6.07, 6.45) is 27.0. The molecule has 3 nitrogen and oxygen atoms in total. The van der Waals surface area contributed by atoms with E-state index in [0.29, 0.717) is 19.5 Å². The van der Waals surface area contributed by atoms with Gasteiger partial charge in [0.05, 0.1) is 0 Å². The van der Waals surface area contributed by atoms with Gasteiger partial charge in [-0.05, 0) is 6.42 Å². The summed E-state index contributed by atoms with van der Waals surface area (Å²) < 4.78 is 0. The topological polar surface area (TPSA) is 55.1 Å². The SMILES string of the molecule is CCCCCCCCCCCCCCCCCCCCCC(=O)NCCN. The lowest BCUT2D eigenvalue weighted by atomic mass is 10.0. The zero-order valence-corrected chi connectivity index (χ0v) is 18.5. The van der Waals surface area contributed by atoms with Crippen molar-refractivity contribution >= 4 is 5.91 Å². The highest BCUT2D eigenvalue weighted by atomic mass is 16.1. The predicted molar refractivity (Wildman–Crippen MR) is 120 cm³/mol. The quantitative estimate of drug-likeness (QED) is 0.200. The zero-order chi connectivity index (χ0) is 19.8. The number of nitrogens with two attached hydrogens (primary N) is 1. The number of rotatable bonds is 22. The van der Waals surface area contributed by atoms with Gasteiger partial charge in [0, 0.05) is 19.5 Å². The Balaban J connectivity index is 3.04. The summed E-state index contributed by atoms with van der Waals surface area (Å²) in [4.78, 5) is 11.4. The van der Waals surface area contributed by atoms with Gasteiger partial charge in [-0.15, -0.1) is 0 Å². The van der Waals surface area contributed by atoms with E-state index in [2.05, 4.69) is 12.2 Å². The van der Waals surface area contributed by atoms with Crippen molar-refractivity contribution in [1.29, 1.82) is 0 Å². The van der Waals surface area contributed by atoms with Crippen molar-refractivity contribution in [1.82, 2.24) is 5.32 Å². The third-order valence-electron chi connectivity index (χ3n) is 5.47. The molecule has 0 aliphatic rings. The molecule has 0 radical (unpaired) electrons. The van der Waals surface area contributed by atoms with Crippen molar-refractivity contribution in [2.45, 2.75) is 135 Å². The van der Waals surface area contributed by atoms with Gasteiger partial charge in [-0.1, -0.05) is 122 Å². The molecular formula is C24H50N2O. The van der Waals surface area contributed by atoms with Crippen LogP contribution in [0.2, 0.25) is 0 Å². The average Bonchev–Trinajstić information content (AvgIpc) is 2.68. The molecule has 0 bridgehead atoms.